The van der Waals surface area contributed by atoms with E-state index < -0.39 is 0 Å². The maximum absolute atomic E-state index is 10.6. The van der Waals surface area contributed by atoms with Crippen LogP contribution in [0.3, 0.4) is 0 Å². The van der Waals surface area contributed by atoms with E-state index in [1.807, 2.05) is 13.0 Å². The second kappa shape index (κ2) is 7.21. The lowest BCUT2D eigenvalue weighted by atomic mass is 10.2. The fourth-order valence-electron chi connectivity index (χ4n) is 2.44. The summed E-state index contributed by atoms with van der Waals surface area (Å²) in [4.78, 5) is 13.3. The maximum Gasteiger partial charge on any atom is 0.278 e. The number of nitrogens with zero attached hydrogens (tertiary/aromatic N) is 4. The SMILES string of the molecule is Cc1cc2c([N+](=O)[O-])cccc2[nH]1.Cl.c1nnc2n1CCNC2. The van der Waals surface area contributed by atoms with Crippen LogP contribution in [0.15, 0.2) is 30.6 Å². The summed E-state index contributed by atoms with van der Waals surface area (Å²) in [6.45, 7) is 4.77. The van der Waals surface area contributed by atoms with Gasteiger partial charge in [0, 0.05) is 24.8 Å². The highest BCUT2D eigenvalue weighted by Gasteiger charge is 2.11. The summed E-state index contributed by atoms with van der Waals surface area (Å²) >= 11 is 0. The molecule has 0 aliphatic carbocycles. The molecule has 9 heteroatoms. The van der Waals surface area contributed by atoms with Crippen LogP contribution < -0.4 is 5.32 Å². The van der Waals surface area contributed by atoms with Crippen molar-refractivity contribution in [2.45, 2.75) is 20.0 Å². The number of hydrogen-bond donors (Lipinski definition) is 2. The monoisotopic (exact) mass is 336 g/mol. The predicted molar refractivity (Wildman–Crippen MR) is 88.7 cm³/mol. The van der Waals surface area contributed by atoms with Gasteiger partial charge in [-0.05, 0) is 19.1 Å². The third kappa shape index (κ3) is 3.66. The Kier molecular flexibility index (Phi) is 5.30. The number of aromatic nitrogens is 4. The summed E-state index contributed by atoms with van der Waals surface area (Å²) in [6.07, 6.45) is 1.77. The minimum atomic E-state index is -0.365. The molecule has 2 N–H and O–H groups in total. The van der Waals surface area contributed by atoms with Gasteiger partial charge in [-0.25, -0.2) is 0 Å². The number of aryl methyl sites for hydroxylation is 1. The number of aromatic amines is 1. The van der Waals surface area contributed by atoms with E-state index >= 15 is 0 Å². The Hall–Kier alpha value is -2.45. The molecule has 0 bridgehead atoms. The van der Waals surface area contributed by atoms with Crippen molar-refractivity contribution in [3.8, 4) is 0 Å². The van der Waals surface area contributed by atoms with Gasteiger partial charge in [0.2, 0.25) is 0 Å². The summed E-state index contributed by atoms with van der Waals surface area (Å²) in [5.41, 5.74) is 1.90. The summed E-state index contributed by atoms with van der Waals surface area (Å²) in [5.74, 6) is 1.04. The Morgan fingerprint density at radius 2 is 2.22 bits per heavy atom. The van der Waals surface area contributed by atoms with Gasteiger partial charge in [0.15, 0.2) is 0 Å². The van der Waals surface area contributed by atoms with Crippen LogP contribution in [0.1, 0.15) is 11.5 Å². The normalized spacial score (nSPS) is 12.7. The molecule has 122 valence electrons. The van der Waals surface area contributed by atoms with E-state index in [0.29, 0.717) is 5.39 Å². The number of fused-ring (bicyclic) bond motifs is 2. The van der Waals surface area contributed by atoms with Gasteiger partial charge in [0.1, 0.15) is 12.2 Å². The molecule has 0 saturated carbocycles. The molecule has 0 saturated heterocycles. The number of nitrogens with one attached hydrogen (secondary N) is 2. The average molecular weight is 337 g/mol. The van der Waals surface area contributed by atoms with Gasteiger partial charge in [-0.15, -0.1) is 22.6 Å². The van der Waals surface area contributed by atoms with Crippen LogP contribution in [0.25, 0.3) is 10.9 Å². The van der Waals surface area contributed by atoms with E-state index in [1.165, 1.54) is 6.07 Å². The lowest BCUT2D eigenvalue weighted by molar-refractivity contribution is -0.383. The number of rotatable bonds is 1. The van der Waals surface area contributed by atoms with Crippen LogP contribution in [-0.4, -0.2) is 31.2 Å². The highest BCUT2D eigenvalue weighted by atomic mass is 35.5. The first-order valence-electron chi connectivity index (χ1n) is 6.95. The molecule has 0 spiro atoms. The minimum absolute atomic E-state index is 0. The van der Waals surface area contributed by atoms with Gasteiger partial charge in [-0.1, -0.05) is 6.07 Å². The summed E-state index contributed by atoms with van der Waals surface area (Å²) in [5, 5.41) is 22.2. The molecule has 0 amide bonds. The first-order valence-corrected chi connectivity index (χ1v) is 6.95. The van der Waals surface area contributed by atoms with E-state index in [0.717, 1.165) is 36.7 Å². The highest BCUT2D eigenvalue weighted by Crippen LogP contribution is 2.25. The van der Waals surface area contributed by atoms with Gasteiger partial charge in [-0.2, -0.15) is 0 Å². The van der Waals surface area contributed by atoms with Crippen molar-refractivity contribution in [1.82, 2.24) is 25.1 Å². The number of benzene rings is 1. The lowest BCUT2D eigenvalue weighted by Gasteiger charge is -2.12. The molecule has 4 rings (SSSR count). The summed E-state index contributed by atoms with van der Waals surface area (Å²) < 4.78 is 2.07. The van der Waals surface area contributed by atoms with E-state index in [1.54, 1.807) is 18.5 Å². The molecule has 0 unspecified atom stereocenters. The van der Waals surface area contributed by atoms with Crippen molar-refractivity contribution in [3.63, 3.8) is 0 Å². The molecule has 0 fully saturated rings. The standard InChI is InChI=1S/C9H8N2O2.C5H8N4.ClH/c1-6-5-7-8(10-6)3-2-4-9(7)11(12)13;1-2-9-4-7-8-5(9)3-6-1;/h2-5,10H,1H3;4,6H,1-3H2;1H. The molecule has 0 atom stereocenters. The number of hydrogen-bond acceptors (Lipinski definition) is 5. The van der Waals surface area contributed by atoms with E-state index in [4.69, 9.17) is 0 Å². The number of non-ortho nitro benzene ring substituents is 1. The number of H-pyrrole nitrogens is 1. The number of nitro groups is 1. The van der Waals surface area contributed by atoms with E-state index in [2.05, 4.69) is 25.1 Å². The zero-order valence-corrected chi connectivity index (χ0v) is 13.3. The molecule has 3 aromatic rings. The summed E-state index contributed by atoms with van der Waals surface area (Å²) in [7, 11) is 0. The predicted octanol–water partition coefficient (Wildman–Crippen LogP) is 2.19. The molecule has 0 radical (unpaired) electrons. The largest absolute Gasteiger partial charge is 0.358 e. The van der Waals surface area contributed by atoms with E-state index in [-0.39, 0.29) is 23.0 Å². The topological polar surface area (TPSA) is 102 Å². The highest BCUT2D eigenvalue weighted by molar-refractivity contribution is 5.89. The van der Waals surface area contributed by atoms with Crippen LogP contribution in [0.5, 0.6) is 0 Å². The maximum atomic E-state index is 10.6. The van der Waals surface area contributed by atoms with Crippen LogP contribution >= 0.6 is 12.4 Å². The van der Waals surface area contributed by atoms with Crippen LogP contribution in [0.2, 0.25) is 0 Å². The van der Waals surface area contributed by atoms with Crippen molar-refractivity contribution in [2.75, 3.05) is 6.54 Å². The molecule has 1 aliphatic heterocycles. The Labute approximate surface area is 138 Å². The fraction of sp³-hybridized carbons (Fsp3) is 0.286. The molecule has 2 aromatic heterocycles. The molecule has 1 aromatic carbocycles. The molecule has 23 heavy (non-hydrogen) atoms. The minimum Gasteiger partial charge on any atom is -0.358 e. The Morgan fingerprint density at radius 1 is 1.39 bits per heavy atom. The first kappa shape index (κ1) is 16.9. The third-order valence-electron chi connectivity index (χ3n) is 3.48. The van der Waals surface area contributed by atoms with Crippen LogP contribution in [0.4, 0.5) is 5.69 Å². The van der Waals surface area contributed by atoms with Crippen LogP contribution in [0, 0.1) is 17.0 Å². The first-order chi connectivity index (χ1) is 10.6. The van der Waals surface area contributed by atoms with Crippen molar-refractivity contribution in [2.24, 2.45) is 0 Å². The smallest absolute Gasteiger partial charge is 0.278 e. The zero-order valence-electron chi connectivity index (χ0n) is 12.5. The molecule has 1 aliphatic rings. The van der Waals surface area contributed by atoms with Gasteiger partial charge in [-0.3, -0.25) is 10.1 Å². The molecular formula is C14H17ClN6O2. The van der Waals surface area contributed by atoms with Crippen molar-refractivity contribution in [1.29, 1.82) is 0 Å². The number of halogens is 1. The molecule has 3 heterocycles. The Balaban J connectivity index is 0.000000169. The Bertz CT molecular complexity index is 792. The number of nitro benzene ring substituents is 1. The van der Waals surface area contributed by atoms with Crippen LogP contribution in [-0.2, 0) is 13.1 Å². The second-order valence-corrected chi connectivity index (χ2v) is 5.07. The average Bonchev–Trinajstić information content (AvgIpc) is 3.11. The second-order valence-electron chi connectivity index (χ2n) is 5.07. The Morgan fingerprint density at radius 3 is 2.96 bits per heavy atom. The van der Waals surface area contributed by atoms with Crippen molar-refractivity contribution in [3.05, 3.63) is 52.2 Å². The van der Waals surface area contributed by atoms with E-state index in [9.17, 15) is 10.1 Å². The van der Waals surface area contributed by atoms with Crippen molar-refractivity contribution >= 4 is 29.0 Å². The van der Waals surface area contributed by atoms with Gasteiger partial charge in [0.05, 0.1) is 22.4 Å². The lowest BCUT2D eigenvalue weighted by Crippen LogP contribution is -2.27. The zero-order chi connectivity index (χ0) is 15.5. The molecule has 8 nitrogen and oxygen atoms in total. The van der Waals surface area contributed by atoms with Gasteiger partial charge < -0.3 is 14.9 Å². The fourth-order valence-corrected chi connectivity index (χ4v) is 2.44. The van der Waals surface area contributed by atoms with Gasteiger partial charge >= 0.3 is 0 Å². The quantitative estimate of drug-likeness (QED) is 0.524. The third-order valence-corrected chi connectivity index (χ3v) is 3.48. The summed E-state index contributed by atoms with van der Waals surface area (Å²) in [6, 6.07) is 6.80. The van der Waals surface area contributed by atoms with Crippen molar-refractivity contribution < 1.29 is 4.92 Å². The molecular weight excluding hydrogens is 320 g/mol. The van der Waals surface area contributed by atoms with Gasteiger partial charge in [0.25, 0.3) is 5.69 Å².